The van der Waals surface area contributed by atoms with Crippen LogP contribution in [-0.4, -0.2) is 16.7 Å². The standard InChI is InChI=1S/C13H14N2O2/c1-2-4-10-9(5-3-6-12(10)16)11-7-8-13(17)15-14-11/h2-3,5-6,16H,1,4,7-8H2,(H,15,17). The number of allylic oxidation sites excluding steroid dienone is 1. The van der Waals surface area contributed by atoms with Crippen LogP contribution in [0.4, 0.5) is 0 Å². The maximum Gasteiger partial charge on any atom is 0.240 e. The fraction of sp³-hybridized carbons (Fsp3) is 0.231. The Kier molecular flexibility index (Phi) is 3.23. The average molecular weight is 230 g/mol. The largest absolute Gasteiger partial charge is 0.508 e. The van der Waals surface area contributed by atoms with E-state index in [1.807, 2.05) is 6.07 Å². The summed E-state index contributed by atoms with van der Waals surface area (Å²) in [5, 5.41) is 13.9. The fourth-order valence-electron chi connectivity index (χ4n) is 1.87. The predicted octanol–water partition coefficient (Wildman–Crippen LogP) is 1.73. The molecule has 1 amide bonds. The van der Waals surface area contributed by atoms with Gasteiger partial charge in [-0.25, -0.2) is 5.43 Å². The SMILES string of the molecule is C=CCc1c(O)cccc1C1=NNC(=O)CC1. The van der Waals surface area contributed by atoms with Crippen molar-refractivity contribution in [3.63, 3.8) is 0 Å². The van der Waals surface area contributed by atoms with Crippen LogP contribution in [0.2, 0.25) is 0 Å². The molecular weight excluding hydrogens is 216 g/mol. The molecule has 88 valence electrons. The first-order valence-corrected chi connectivity index (χ1v) is 5.50. The van der Waals surface area contributed by atoms with Gasteiger partial charge in [-0.2, -0.15) is 5.10 Å². The number of carbonyl (C=O) groups is 1. The number of carbonyl (C=O) groups excluding carboxylic acids is 1. The van der Waals surface area contributed by atoms with Gasteiger partial charge < -0.3 is 5.11 Å². The highest BCUT2D eigenvalue weighted by atomic mass is 16.3. The molecule has 0 unspecified atom stereocenters. The summed E-state index contributed by atoms with van der Waals surface area (Å²) in [5.41, 5.74) is 4.95. The lowest BCUT2D eigenvalue weighted by Gasteiger charge is -2.15. The number of phenolic OH excluding ortho intramolecular Hbond substituents is 1. The average Bonchev–Trinajstić information content (AvgIpc) is 2.33. The molecule has 17 heavy (non-hydrogen) atoms. The van der Waals surface area contributed by atoms with E-state index >= 15 is 0 Å². The Labute approximate surface area is 99.7 Å². The summed E-state index contributed by atoms with van der Waals surface area (Å²) in [4.78, 5) is 11.0. The van der Waals surface area contributed by atoms with Gasteiger partial charge >= 0.3 is 0 Å². The number of aromatic hydroxyl groups is 1. The Hall–Kier alpha value is -2.10. The number of hydrogen-bond donors (Lipinski definition) is 2. The van der Waals surface area contributed by atoms with E-state index < -0.39 is 0 Å². The molecule has 1 aromatic carbocycles. The number of amides is 1. The normalized spacial score (nSPS) is 15.1. The molecule has 0 saturated carbocycles. The van der Waals surface area contributed by atoms with E-state index in [4.69, 9.17) is 0 Å². The van der Waals surface area contributed by atoms with E-state index in [-0.39, 0.29) is 11.7 Å². The highest BCUT2D eigenvalue weighted by Gasteiger charge is 2.17. The summed E-state index contributed by atoms with van der Waals surface area (Å²) in [6.07, 6.45) is 3.34. The molecular formula is C13H14N2O2. The number of nitrogens with zero attached hydrogens (tertiary/aromatic N) is 1. The molecule has 0 fully saturated rings. The molecule has 0 radical (unpaired) electrons. The molecule has 0 bridgehead atoms. The molecule has 0 spiro atoms. The quantitative estimate of drug-likeness (QED) is 0.777. The molecule has 2 rings (SSSR count). The van der Waals surface area contributed by atoms with Gasteiger partial charge in [-0.05, 0) is 12.5 Å². The van der Waals surface area contributed by atoms with Gasteiger partial charge in [-0.15, -0.1) is 6.58 Å². The topological polar surface area (TPSA) is 61.7 Å². The van der Waals surface area contributed by atoms with Crippen molar-refractivity contribution in [3.8, 4) is 5.75 Å². The summed E-state index contributed by atoms with van der Waals surface area (Å²) in [6.45, 7) is 3.67. The lowest BCUT2D eigenvalue weighted by Crippen LogP contribution is -2.26. The van der Waals surface area contributed by atoms with Crippen LogP contribution in [0.15, 0.2) is 36.0 Å². The van der Waals surface area contributed by atoms with Crippen LogP contribution in [0.3, 0.4) is 0 Å². The first kappa shape index (κ1) is 11.4. The summed E-state index contributed by atoms with van der Waals surface area (Å²) < 4.78 is 0. The first-order valence-electron chi connectivity index (χ1n) is 5.50. The van der Waals surface area contributed by atoms with E-state index in [1.54, 1.807) is 18.2 Å². The maximum absolute atomic E-state index is 11.0. The van der Waals surface area contributed by atoms with Crippen molar-refractivity contribution in [1.29, 1.82) is 0 Å². The maximum atomic E-state index is 11.0. The van der Waals surface area contributed by atoms with Gasteiger partial charge in [0.05, 0.1) is 5.71 Å². The second-order valence-electron chi connectivity index (χ2n) is 3.89. The molecule has 1 aliphatic rings. The Morgan fingerprint density at radius 1 is 1.47 bits per heavy atom. The van der Waals surface area contributed by atoms with Crippen LogP contribution >= 0.6 is 0 Å². The van der Waals surface area contributed by atoms with Crippen LogP contribution < -0.4 is 5.43 Å². The summed E-state index contributed by atoms with van der Waals surface area (Å²) in [5.74, 6) is 0.168. The van der Waals surface area contributed by atoms with Gasteiger partial charge in [0.2, 0.25) is 5.91 Å². The molecule has 4 nitrogen and oxygen atoms in total. The third-order valence-electron chi connectivity index (χ3n) is 2.72. The molecule has 0 aromatic heterocycles. The highest BCUT2D eigenvalue weighted by Crippen LogP contribution is 2.24. The number of benzene rings is 1. The Morgan fingerprint density at radius 3 is 2.94 bits per heavy atom. The second-order valence-corrected chi connectivity index (χ2v) is 3.89. The van der Waals surface area contributed by atoms with Gasteiger partial charge in [-0.1, -0.05) is 18.2 Å². The van der Waals surface area contributed by atoms with Crippen LogP contribution in [0.25, 0.3) is 0 Å². The van der Waals surface area contributed by atoms with Crippen molar-refractivity contribution in [1.82, 2.24) is 5.43 Å². The van der Waals surface area contributed by atoms with Crippen LogP contribution in [0, 0.1) is 0 Å². The third-order valence-corrected chi connectivity index (χ3v) is 2.72. The zero-order chi connectivity index (χ0) is 12.3. The van der Waals surface area contributed by atoms with Crippen LogP contribution in [0.1, 0.15) is 24.0 Å². The molecule has 2 N–H and O–H groups in total. The minimum Gasteiger partial charge on any atom is -0.508 e. The van der Waals surface area contributed by atoms with E-state index in [0.717, 1.165) is 16.8 Å². The zero-order valence-corrected chi connectivity index (χ0v) is 9.44. The van der Waals surface area contributed by atoms with E-state index in [1.165, 1.54) is 0 Å². The summed E-state index contributed by atoms with van der Waals surface area (Å²) in [6, 6.07) is 5.31. The minimum atomic E-state index is -0.0702. The molecule has 4 heteroatoms. The van der Waals surface area contributed by atoms with Gasteiger partial charge in [-0.3, -0.25) is 4.79 Å². The molecule has 0 saturated heterocycles. The predicted molar refractivity (Wildman–Crippen MR) is 65.9 cm³/mol. The molecule has 0 aliphatic carbocycles. The van der Waals surface area contributed by atoms with E-state index in [9.17, 15) is 9.90 Å². The third kappa shape index (κ3) is 2.36. The van der Waals surface area contributed by atoms with E-state index in [2.05, 4.69) is 17.1 Å². The lowest BCUT2D eigenvalue weighted by atomic mass is 9.96. The van der Waals surface area contributed by atoms with Crippen LogP contribution in [-0.2, 0) is 11.2 Å². The molecule has 1 heterocycles. The van der Waals surface area contributed by atoms with Crippen molar-refractivity contribution < 1.29 is 9.90 Å². The van der Waals surface area contributed by atoms with Gasteiger partial charge in [0.25, 0.3) is 0 Å². The number of nitrogens with one attached hydrogen (secondary N) is 1. The zero-order valence-electron chi connectivity index (χ0n) is 9.44. The Bertz CT molecular complexity index is 492. The number of hydrazone groups is 1. The van der Waals surface area contributed by atoms with Crippen molar-refractivity contribution in [2.24, 2.45) is 5.10 Å². The Morgan fingerprint density at radius 2 is 2.29 bits per heavy atom. The molecule has 1 aromatic rings. The summed E-state index contributed by atoms with van der Waals surface area (Å²) in [7, 11) is 0. The number of phenols is 1. The van der Waals surface area contributed by atoms with Crippen molar-refractivity contribution in [2.75, 3.05) is 0 Å². The summed E-state index contributed by atoms with van der Waals surface area (Å²) >= 11 is 0. The Balaban J connectivity index is 2.41. The number of rotatable bonds is 3. The van der Waals surface area contributed by atoms with Crippen molar-refractivity contribution in [2.45, 2.75) is 19.3 Å². The number of hydrogen-bond acceptors (Lipinski definition) is 3. The highest BCUT2D eigenvalue weighted by molar-refractivity contribution is 6.05. The van der Waals surface area contributed by atoms with Crippen molar-refractivity contribution >= 4 is 11.6 Å². The van der Waals surface area contributed by atoms with Gasteiger partial charge in [0, 0.05) is 24.0 Å². The van der Waals surface area contributed by atoms with Crippen LogP contribution in [0.5, 0.6) is 5.75 Å². The van der Waals surface area contributed by atoms with E-state index in [0.29, 0.717) is 19.3 Å². The van der Waals surface area contributed by atoms with Gasteiger partial charge in [0.15, 0.2) is 0 Å². The monoisotopic (exact) mass is 230 g/mol. The van der Waals surface area contributed by atoms with Crippen molar-refractivity contribution in [3.05, 3.63) is 42.0 Å². The molecule has 1 aliphatic heterocycles. The fourth-order valence-corrected chi connectivity index (χ4v) is 1.87. The minimum absolute atomic E-state index is 0.0702. The van der Waals surface area contributed by atoms with Gasteiger partial charge in [0.1, 0.15) is 5.75 Å². The first-order chi connectivity index (χ1) is 8.22. The smallest absolute Gasteiger partial charge is 0.240 e. The lowest BCUT2D eigenvalue weighted by molar-refractivity contribution is -0.121. The second kappa shape index (κ2) is 4.82. The molecule has 0 atom stereocenters.